The molecule has 1 aliphatic rings. The van der Waals surface area contributed by atoms with Crippen LogP contribution in [0.2, 0.25) is 10.0 Å². The molecule has 0 spiro atoms. The molecule has 1 heterocycles. The van der Waals surface area contributed by atoms with Crippen molar-refractivity contribution in [2.45, 2.75) is 12.5 Å². The molecule has 1 aliphatic heterocycles. The molecule has 2 aromatic carbocycles. The van der Waals surface area contributed by atoms with Gasteiger partial charge in [0.2, 0.25) is 0 Å². The number of hydrogen-bond donors (Lipinski definition) is 1. The summed E-state index contributed by atoms with van der Waals surface area (Å²) in [5.74, 6) is 0.829. The highest BCUT2D eigenvalue weighted by molar-refractivity contribution is 6.42. The highest BCUT2D eigenvalue weighted by atomic mass is 35.5. The van der Waals surface area contributed by atoms with E-state index in [1.165, 1.54) is 0 Å². The Kier molecular flexibility index (Phi) is 4.22. The molecule has 0 aliphatic carbocycles. The first-order chi connectivity index (χ1) is 10.5. The molecular formula is C17H17Cl2NO2. The van der Waals surface area contributed by atoms with Crippen LogP contribution < -0.4 is 4.74 Å². The molecule has 116 valence electrons. The Morgan fingerprint density at radius 3 is 2.64 bits per heavy atom. The van der Waals surface area contributed by atoms with Crippen molar-refractivity contribution in [3.63, 3.8) is 0 Å². The van der Waals surface area contributed by atoms with Crippen LogP contribution in [0.25, 0.3) is 0 Å². The number of likely N-dealkylation sites (N-methyl/N-ethyl adjacent to an activating group) is 1. The molecule has 2 aromatic rings. The number of methoxy groups -OCH3 is 1. The summed E-state index contributed by atoms with van der Waals surface area (Å²) in [5.41, 5.74) is 3.37. The third kappa shape index (κ3) is 2.76. The van der Waals surface area contributed by atoms with Crippen molar-refractivity contribution in [1.29, 1.82) is 0 Å². The number of rotatable bonds is 2. The molecule has 1 unspecified atom stereocenters. The van der Waals surface area contributed by atoms with Crippen molar-refractivity contribution >= 4 is 23.2 Å². The first-order valence-corrected chi connectivity index (χ1v) is 7.78. The normalized spacial score (nSPS) is 18.1. The summed E-state index contributed by atoms with van der Waals surface area (Å²) in [6.07, 6.45) is 0. The maximum Gasteiger partial charge on any atom is 0.160 e. The zero-order valence-corrected chi connectivity index (χ0v) is 13.9. The monoisotopic (exact) mass is 337 g/mol. The molecule has 0 radical (unpaired) electrons. The van der Waals surface area contributed by atoms with E-state index in [1.807, 2.05) is 24.3 Å². The second-order valence-corrected chi connectivity index (χ2v) is 6.46. The fourth-order valence-electron chi connectivity index (χ4n) is 3.03. The lowest BCUT2D eigenvalue weighted by Gasteiger charge is -2.33. The minimum Gasteiger partial charge on any atom is -0.504 e. The van der Waals surface area contributed by atoms with Gasteiger partial charge in [-0.05, 0) is 48.0 Å². The van der Waals surface area contributed by atoms with Crippen LogP contribution in [0.1, 0.15) is 22.6 Å². The van der Waals surface area contributed by atoms with Crippen molar-refractivity contribution in [3.8, 4) is 11.5 Å². The number of fused-ring (bicyclic) bond motifs is 1. The van der Waals surface area contributed by atoms with Gasteiger partial charge >= 0.3 is 0 Å². The van der Waals surface area contributed by atoms with Crippen LogP contribution in [0.4, 0.5) is 0 Å². The van der Waals surface area contributed by atoms with Gasteiger partial charge in [-0.25, -0.2) is 0 Å². The van der Waals surface area contributed by atoms with Gasteiger partial charge in [-0.15, -0.1) is 0 Å². The number of benzene rings is 2. The minimum absolute atomic E-state index is 0.165. The summed E-state index contributed by atoms with van der Waals surface area (Å²) in [6.45, 7) is 1.67. The fourth-order valence-corrected chi connectivity index (χ4v) is 3.34. The highest BCUT2D eigenvalue weighted by Gasteiger charge is 2.27. The molecule has 0 saturated carbocycles. The number of phenols is 1. The summed E-state index contributed by atoms with van der Waals surface area (Å²) in [4.78, 5) is 2.22. The third-order valence-corrected chi connectivity index (χ3v) is 4.84. The van der Waals surface area contributed by atoms with E-state index in [0.29, 0.717) is 15.8 Å². The molecule has 0 bridgehead atoms. The van der Waals surface area contributed by atoms with Crippen LogP contribution in [-0.4, -0.2) is 30.7 Å². The number of phenolic OH excluding ortho intramolecular Hbond substituents is 1. The maximum atomic E-state index is 10.0. The number of ether oxygens (including phenoxy) is 1. The Hall–Kier alpha value is -1.42. The summed E-state index contributed by atoms with van der Waals surface area (Å²) in [5, 5.41) is 11.1. The van der Waals surface area contributed by atoms with Gasteiger partial charge in [0.1, 0.15) is 0 Å². The number of nitrogens with zero attached hydrogens (tertiary/aromatic N) is 1. The van der Waals surface area contributed by atoms with E-state index in [2.05, 4.69) is 11.9 Å². The van der Waals surface area contributed by atoms with Crippen molar-refractivity contribution < 1.29 is 9.84 Å². The van der Waals surface area contributed by atoms with Crippen molar-refractivity contribution in [2.75, 3.05) is 20.7 Å². The highest BCUT2D eigenvalue weighted by Crippen LogP contribution is 2.40. The molecule has 3 rings (SSSR count). The van der Waals surface area contributed by atoms with Gasteiger partial charge in [0.25, 0.3) is 0 Å². The average Bonchev–Trinajstić information content (AvgIpc) is 2.48. The standard InChI is InChI=1S/C17H17Cl2NO2/c1-20-8-11-6-16(21)17(22-2)7-12(11)13(9-20)10-3-4-14(18)15(19)5-10/h3-7,13,21H,8-9H2,1-2H3. The zero-order valence-electron chi connectivity index (χ0n) is 12.4. The zero-order chi connectivity index (χ0) is 15.9. The smallest absolute Gasteiger partial charge is 0.160 e. The van der Waals surface area contributed by atoms with Gasteiger partial charge in [0, 0.05) is 19.0 Å². The summed E-state index contributed by atoms with van der Waals surface area (Å²) < 4.78 is 5.25. The topological polar surface area (TPSA) is 32.7 Å². The van der Waals surface area contributed by atoms with Gasteiger partial charge in [-0.1, -0.05) is 29.3 Å². The lowest BCUT2D eigenvalue weighted by molar-refractivity contribution is 0.292. The maximum absolute atomic E-state index is 10.0. The van der Waals surface area contributed by atoms with Gasteiger partial charge in [-0.3, -0.25) is 0 Å². The minimum atomic E-state index is 0.165. The molecule has 1 N–H and O–H groups in total. The molecule has 0 fully saturated rings. The van der Waals surface area contributed by atoms with E-state index in [-0.39, 0.29) is 11.7 Å². The molecule has 5 heteroatoms. The van der Waals surface area contributed by atoms with E-state index in [4.69, 9.17) is 27.9 Å². The van der Waals surface area contributed by atoms with E-state index in [1.54, 1.807) is 13.2 Å². The van der Waals surface area contributed by atoms with Gasteiger partial charge < -0.3 is 14.7 Å². The van der Waals surface area contributed by atoms with E-state index in [9.17, 15) is 5.11 Å². The molecular weight excluding hydrogens is 321 g/mol. The van der Waals surface area contributed by atoms with Gasteiger partial charge in [-0.2, -0.15) is 0 Å². The van der Waals surface area contributed by atoms with Crippen molar-refractivity contribution in [2.24, 2.45) is 0 Å². The molecule has 0 saturated heterocycles. The second kappa shape index (κ2) is 5.99. The fraction of sp³-hybridized carbons (Fsp3) is 0.294. The largest absolute Gasteiger partial charge is 0.504 e. The lowest BCUT2D eigenvalue weighted by atomic mass is 9.84. The van der Waals surface area contributed by atoms with Crippen molar-refractivity contribution in [3.05, 3.63) is 57.1 Å². The van der Waals surface area contributed by atoms with Crippen LogP contribution in [0.3, 0.4) is 0 Å². The lowest BCUT2D eigenvalue weighted by Crippen LogP contribution is -2.31. The predicted octanol–water partition coefficient (Wildman–Crippen LogP) is 4.28. The Morgan fingerprint density at radius 1 is 1.18 bits per heavy atom. The predicted molar refractivity (Wildman–Crippen MR) is 89.3 cm³/mol. The molecule has 22 heavy (non-hydrogen) atoms. The number of aromatic hydroxyl groups is 1. The van der Waals surface area contributed by atoms with Crippen LogP contribution in [-0.2, 0) is 6.54 Å². The summed E-state index contributed by atoms with van der Waals surface area (Å²) in [6, 6.07) is 9.45. The molecule has 0 aromatic heterocycles. The van der Waals surface area contributed by atoms with E-state index >= 15 is 0 Å². The Labute approximate surface area is 140 Å². The van der Waals surface area contributed by atoms with E-state index < -0.39 is 0 Å². The molecule has 0 amide bonds. The second-order valence-electron chi connectivity index (χ2n) is 5.65. The summed E-state index contributed by atoms with van der Waals surface area (Å²) in [7, 11) is 3.62. The quantitative estimate of drug-likeness (QED) is 0.887. The SMILES string of the molecule is COc1cc2c(cc1O)CN(C)CC2c1ccc(Cl)c(Cl)c1. The average molecular weight is 338 g/mol. The van der Waals surface area contributed by atoms with Crippen LogP contribution >= 0.6 is 23.2 Å². The Morgan fingerprint density at radius 2 is 1.95 bits per heavy atom. The first kappa shape index (κ1) is 15.5. The molecule has 3 nitrogen and oxygen atoms in total. The Balaban J connectivity index is 2.12. The first-order valence-electron chi connectivity index (χ1n) is 7.03. The van der Waals surface area contributed by atoms with Crippen LogP contribution in [0, 0.1) is 0 Å². The van der Waals surface area contributed by atoms with E-state index in [0.717, 1.165) is 29.8 Å². The summed E-state index contributed by atoms with van der Waals surface area (Å²) >= 11 is 12.2. The number of hydrogen-bond acceptors (Lipinski definition) is 3. The molecule has 1 atom stereocenters. The number of halogens is 2. The van der Waals surface area contributed by atoms with Crippen LogP contribution in [0.5, 0.6) is 11.5 Å². The van der Waals surface area contributed by atoms with Gasteiger partial charge in [0.05, 0.1) is 17.2 Å². The Bertz CT molecular complexity index is 718. The van der Waals surface area contributed by atoms with Gasteiger partial charge in [0.15, 0.2) is 11.5 Å². The third-order valence-electron chi connectivity index (χ3n) is 4.10. The van der Waals surface area contributed by atoms with Crippen molar-refractivity contribution in [1.82, 2.24) is 4.90 Å². The van der Waals surface area contributed by atoms with Crippen LogP contribution in [0.15, 0.2) is 30.3 Å².